The van der Waals surface area contributed by atoms with Crippen molar-refractivity contribution in [3.63, 3.8) is 0 Å². The quantitative estimate of drug-likeness (QED) is 0.821. The normalized spacial score (nSPS) is 12.8. The molecule has 3 rings (SSSR count). The van der Waals surface area contributed by atoms with Crippen LogP contribution in [0.25, 0.3) is 0 Å². The van der Waals surface area contributed by atoms with E-state index in [9.17, 15) is 4.79 Å². The molecule has 1 aliphatic rings. The van der Waals surface area contributed by atoms with E-state index in [-0.39, 0.29) is 11.6 Å². The molecule has 8 heteroatoms. The van der Waals surface area contributed by atoms with Gasteiger partial charge in [0.15, 0.2) is 17.2 Å². The number of nitrogens with one attached hydrogen (secondary N) is 2. The van der Waals surface area contributed by atoms with Crippen molar-refractivity contribution in [1.82, 2.24) is 15.1 Å². The monoisotopic (exact) mass is 343 g/mol. The summed E-state index contributed by atoms with van der Waals surface area (Å²) in [7, 11) is 4.00. The number of ether oxygens (including phenoxy) is 2. The number of carbonyl (C=O) groups excluding carboxylic acids is 1. The van der Waals surface area contributed by atoms with Gasteiger partial charge in [-0.1, -0.05) is 0 Å². The van der Waals surface area contributed by atoms with Crippen molar-refractivity contribution >= 4 is 17.4 Å². The third-order valence-corrected chi connectivity index (χ3v) is 3.56. The molecule has 0 atom stereocenters. The van der Waals surface area contributed by atoms with E-state index in [0.29, 0.717) is 36.2 Å². The maximum Gasteiger partial charge on any atom is 0.276 e. The van der Waals surface area contributed by atoms with Gasteiger partial charge in [0.2, 0.25) is 0 Å². The van der Waals surface area contributed by atoms with Gasteiger partial charge in [0.1, 0.15) is 19.0 Å². The van der Waals surface area contributed by atoms with E-state index in [1.165, 1.54) is 0 Å². The highest BCUT2D eigenvalue weighted by Gasteiger charge is 2.14. The summed E-state index contributed by atoms with van der Waals surface area (Å²) in [4.78, 5) is 14.3. The predicted octanol–water partition coefficient (Wildman–Crippen LogP) is 1.47. The lowest BCUT2D eigenvalue weighted by atomic mass is 10.2. The Morgan fingerprint density at radius 3 is 2.64 bits per heavy atom. The molecule has 1 amide bonds. The molecule has 25 heavy (non-hydrogen) atoms. The highest BCUT2D eigenvalue weighted by Crippen LogP contribution is 2.32. The van der Waals surface area contributed by atoms with Crippen molar-refractivity contribution in [2.45, 2.75) is 0 Å². The molecule has 1 aliphatic heterocycles. The molecule has 0 saturated heterocycles. The maximum absolute atomic E-state index is 12.3. The highest BCUT2D eigenvalue weighted by molar-refractivity contribution is 6.02. The Hall–Kier alpha value is -2.87. The Balaban J connectivity index is 1.59. The topological polar surface area (TPSA) is 88.6 Å². The average Bonchev–Trinajstić information content (AvgIpc) is 2.62. The van der Waals surface area contributed by atoms with Gasteiger partial charge in [-0.3, -0.25) is 4.79 Å². The van der Waals surface area contributed by atoms with E-state index in [4.69, 9.17) is 9.47 Å². The lowest BCUT2D eigenvalue weighted by molar-refractivity contribution is 0.102. The van der Waals surface area contributed by atoms with Gasteiger partial charge in [-0.2, -0.15) is 0 Å². The van der Waals surface area contributed by atoms with Gasteiger partial charge in [-0.25, -0.2) is 0 Å². The zero-order valence-corrected chi connectivity index (χ0v) is 14.3. The zero-order valence-electron chi connectivity index (χ0n) is 14.3. The van der Waals surface area contributed by atoms with Crippen molar-refractivity contribution in [1.29, 1.82) is 0 Å². The van der Waals surface area contributed by atoms with E-state index in [0.717, 1.165) is 13.1 Å². The van der Waals surface area contributed by atoms with Gasteiger partial charge >= 0.3 is 0 Å². The van der Waals surface area contributed by atoms with Crippen molar-refractivity contribution in [2.75, 3.05) is 51.0 Å². The first-order valence-corrected chi connectivity index (χ1v) is 8.05. The van der Waals surface area contributed by atoms with Crippen LogP contribution in [-0.2, 0) is 0 Å². The Bertz CT molecular complexity index is 734. The standard InChI is InChI=1S/C17H21N5O3/c1-22(2)8-7-18-16-6-4-13(20-21-16)17(23)19-12-3-5-14-15(11-12)25-10-9-24-14/h3-6,11H,7-10H2,1-2H3,(H,18,21)(H,19,23). The number of amides is 1. The summed E-state index contributed by atoms with van der Waals surface area (Å²) in [5.41, 5.74) is 0.859. The van der Waals surface area contributed by atoms with Crippen molar-refractivity contribution in [3.05, 3.63) is 36.0 Å². The summed E-state index contributed by atoms with van der Waals surface area (Å²) in [6.07, 6.45) is 0. The number of anilines is 2. The van der Waals surface area contributed by atoms with Gasteiger partial charge in [0.05, 0.1) is 0 Å². The van der Waals surface area contributed by atoms with Crippen LogP contribution in [0.4, 0.5) is 11.5 Å². The molecule has 0 bridgehead atoms. The smallest absolute Gasteiger partial charge is 0.276 e. The molecular formula is C17H21N5O3. The molecule has 2 heterocycles. The van der Waals surface area contributed by atoms with Crippen LogP contribution in [0, 0.1) is 0 Å². The van der Waals surface area contributed by atoms with Crippen LogP contribution in [0.5, 0.6) is 11.5 Å². The Morgan fingerprint density at radius 2 is 1.92 bits per heavy atom. The predicted molar refractivity (Wildman–Crippen MR) is 94.5 cm³/mol. The molecule has 0 aliphatic carbocycles. The summed E-state index contributed by atoms with van der Waals surface area (Å²) < 4.78 is 11.0. The molecule has 2 aromatic rings. The summed E-state index contributed by atoms with van der Waals surface area (Å²) in [5.74, 6) is 1.61. The number of fused-ring (bicyclic) bond motifs is 1. The fourth-order valence-corrected chi connectivity index (χ4v) is 2.27. The number of carbonyl (C=O) groups is 1. The minimum Gasteiger partial charge on any atom is -0.486 e. The van der Waals surface area contributed by atoms with Crippen LogP contribution >= 0.6 is 0 Å². The van der Waals surface area contributed by atoms with Crippen molar-refractivity contribution in [2.24, 2.45) is 0 Å². The lowest BCUT2D eigenvalue weighted by Crippen LogP contribution is -2.21. The van der Waals surface area contributed by atoms with E-state index < -0.39 is 0 Å². The van der Waals surface area contributed by atoms with Gasteiger partial charge in [0, 0.05) is 24.8 Å². The molecule has 2 N–H and O–H groups in total. The molecule has 0 fully saturated rings. The number of likely N-dealkylation sites (N-methyl/N-ethyl adjacent to an activating group) is 1. The third-order valence-electron chi connectivity index (χ3n) is 3.56. The fraction of sp³-hybridized carbons (Fsp3) is 0.353. The average molecular weight is 343 g/mol. The fourth-order valence-electron chi connectivity index (χ4n) is 2.27. The maximum atomic E-state index is 12.3. The van der Waals surface area contributed by atoms with Crippen molar-refractivity contribution < 1.29 is 14.3 Å². The van der Waals surface area contributed by atoms with Crippen LogP contribution in [0.1, 0.15) is 10.5 Å². The SMILES string of the molecule is CN(C)CCNc1ccc(C(=O)Nc2ccc3c(c2)OCCO3)nn1. The lowest BCUT2D eigenvalue weighted by Gasteiger charge is -2.18. The molecule has 0 saturated carbocycles. The summed E-state index contributed by atoms with van der Waals surface area (Å²) in [6, 6.07) is 8.64. The van der Waals surface area contributed by atoms with Crippen LogP contribution in [0.3, 0.4) is 0 Å². The number of rotatable bonds is 6. The molecule has 1 aromatic carbocycles. The van der Waals surface area contributed by atoms with Gasteiger partial charge < -0.3 is 25.0 Å². The third kappa shape index (κ3) is 4.57. The molecule has 0 radical (unpaired) electrons. The van der Waals surface area contributed by atoms with Gasteiger partial charge in [-0.05, 0) is 38.4 Å². The molecule has 132 valence electrons. The molecule has 0 spiro atoms. The number of hydrogen-bond donors (Lipinski definition) is 2. The van der Waals surface area contributed by atoms with E-state index in [2.05, 4.69) is 25.7 Å². The first-order chi connectivity index (χ1) is 12.1. The minimum absolute atomic E-state index is 0.244. The Morgan fingerprint density at radius 1 is 1.12 bits per heavy atom. The minimum atomic E-state index is -0.330. The largest absolute Gasteiger partial charge is 0.486 e. The second-order valence-corrected chi connectivity index (χ2v) is 5.85. The van der Waals surface area contributed by atoms with Crippen LogP contribution in [0.15, 0.2) is 30.3 Å². The summed E-state index contributed by atoms with van der Waals surface area (Å²) >= 11 is 0. The highest BCUT2D eigenvalue weighted by atomic mass is 16.6. The second-order valence-electron chi connectivity index (χ2n) is 5.85. The van der Waals surface area contributed by atoms with Gasteiger partial charge in [0.25, 0.3) is 5.91 Å². The number of nitrogens with zero attached hydrogens (tertiary/aromatic N) is 3. The zero-order chi connectivity index (χ0) is 17.6. The molecule has 1 aromatic heterocycles. The summed E-state index contributed by atoms with van der Waals surface area (Å²) in [6.45, 7) is 2.67. The second kappa shape index (κ2) is 7.80. The first-order valence-electron chi connectivity index (χ1n) is 8.05. The Kier molecular flexibility index (Phi) is 5.30. The van der Waals surface area contributed by atoms with Gasteiger partial charge in [-0.15, -0.1) is 10.2 Å². The number of hydrogen-bond acceptors (Lipinski definition) is 7. The van der Waals surface area contributed by atoms with Crippen LogP contribution in [-0.4, -0.2) is 61.4 Å². The molecule has 8 nitrogen and oxygen atoms in total. The molecular weight excluding hydrogens is 322 g/mol. The van der Waals surface area contributed by atoms with Crippen molar-refractivity contribution in [3.8, 4) is 11.5 Å². The van der Waals surface area contributed by atoms with E-state index >= 15 is 0 Å². The summed E-state index contributed by atoms with van der Waals surface area (Å²) in [5, 5.41) is 13.9. The number of aromatic nitrogens is 2. The number of benzene rings is 1. The van der Waals surface area contributed by atoms with Crippen LogP contribution in [0.2, 0.25) is 0 Å². The van der Waals surface area contributed by atoms with E-state index in [1.54, 1.807) is 30.3 Å². The van der Waals surface area contributed by atoms with Crippen LogP contribution < -0.4 is 20.1 Å². The first kappa shape index (κ1) is 17.0. The van der Waals surface area contributed by atoms with E-state index in [1.807, 2.05) is 14.1 Å². The Labute approximate surface area is 146 Å². The molecule has 0 unspecified atom stereocenters.